The van der Waals surface area contributed by atoms with Gasteiger partial charge in [-0.05, 0) is 56.8 Å². The van der Waals surface area contributed by atoms with Gasteiger partial charge in [-0.2, -0.15) is 0 Å². The minimum absolute atomic E-state index is 0.138. The van der Waals surface area contributed by atoms with Crippen LogP contribution >= 0.6 is 0 Å². The number of rotatable bonds is 4. The Hall–Kier alpha value is -1.94. The van der Waals surface area contributed by atoms with Crippen molar-refractivity contribution in [2.75, 3.05) is 14.2 Å². The molecule has 1 unspecified atom stereocenters. The van der Waals surface area contributed by atoms with Crippen molar-refractivity contribution in [3.63, 3.8) is 0 Å². The van der Waals surface area contributed by atoms with Crippen LogP contribution in [-0.4, -0.2) is 19.1 Å². The molecule has 106 valence electrons. The maximum absolute atomic E-state index is 13.6. The molecule has 2 rings (SSSR count). The van der Waals surface area contributed by atoms with Gasteiger partial charge >= 0.3 is 0 Å². The number of methoxy groups -OCH3 is 1. The topological polar surface area (TPSA) is 34.2 Å². The van der Waals surface area contributed by atoms with Crippen molar-refractivity contribution in [3.8, 4) is 5.75 Å². The second-order valence-electron chi connectivity index (χ2n) is 4.79. The van der Waals surface area contributed by atoms with E-state index in [0.29, 0.717) is 5.75 Å². The fourth-order valence-corrected chi connectivity index (χ4v) is 2.47. The highest BCUT2D eigenvalue weighted by Crippen LogP contribution is 2.31. The summed E-state index contributed by atoms with van der Waals surface area (Å²) in [6.45, 7) is 3.90. The average molecular weight is 274 g/mol. The molecule has 0 spiro atoms. The van der Waals surface area contributed by atoms with Gasteiger partial charge < -0.3 is 10.1 Å². The van der Waals surface area contributed by atoms with Gasteiger partial charge in [0, 0.05) is 17.0 Å². The quantitative estimate of drug-likeness (QED) is 0.930. The maximum Gasteiger partial charge on any atom is 0.124 e. The first-order chi connectivity index (χ1) is 9.55. The van der Waals surface area contributed by atoms with E-state index in [4.69, 9.17) is 4.74 Å². The van der Waals surface area contributed by atoms with Gasteiger partial charge in [-0.1, -0.05) is 0 Å². The summed E-state index contributed by atoms with van der Waals surface area (Å²) in [5.74, 6) is 0.390. The Morgan fingerprint density at radius 1 is 1.15 bits per heavy atom. The first-order valence-electron chi connectivity index (χ1n) is 6.51. The van der Waals surface area contributed by atoms with Crippen molar-refractivity contribution in [2.45, 2.75) is 19.9 Å². The van der Waals surface area contributed by atoms with Gasteiger partial charge in [0.1, 0.15) is 11.6 Å². The summed E-state index contributed by atoms with van der Waals surface area (Å²) in [6.07, 6.45) is 0. The van der Waals surface area contributed by atoms with E-state index in [9.17, 15) is 4.39 Å². The minimum atomic E-state index is -0.274. The fourth-order valence-electron chi connectivity index (χ4n) is 2.47. The third kappa shape index (κ3) is 2.96. The van der Waals surface area contributed by atoms with E-state index in [1.54, 1.807) is 13.2 Å². The molecule has 20 heavy (non-hydrogen) atoms. The van der Waals surface area contributed by atoms with Crippen LogP contribution in [0.1, 0.15) is 28.6 Å². The number of ether oxygens (including phenoxy) is 1. The lowest BCUT2D eigenvalue weighted by Gasteiger charge is -2.20. The summed E-state index contributed by atoms with van der Waals surface area (Å²) < 4.78 is 18.9. The lowest BCUT2D eigenvalue weighted by atomic mass is 9.97. The van der Waals surface area contributed by atoms with E-state index in [2.05, 4.69) is 10.3 Å². The summed E-state index contributed by atoms with van der Waals surface area (Å²) >= 11 is 0. The third-order valence-electron chi connectivity index (χ3n) is 3.23. The number of halogens is 1. The van der Waals surface area contributed by atoms with Gasteiger partial charge in [-0.15, -0.1) is 0 Å². The molecular formula is C16H19FN2O. The largest absolute Gasteiger partial charge is 0.496 e. The highest BCUT2D eigenvalue weighted by molar-refractivity contribution is 5.42. The molecule has 1 aromatic heterocycles. The third-order valence-corrected chi connectivity index (χ3v) is 3.23. The maximum atomic E-state index is 13.6. The molecule has 0 aliphatic heterocycles. The van der Waals surface area contributed by atoms with Crippen molar-refractivity contribution in [2.24, 2.45) is 0 Å². The minimum Gasteiger partial charge on any atom is -0.496 e. The molecule has 0 fully saturated rings. The smallest absolute Gasteiger partial charge is 0.124 e. The molecule has 4 heteroatoms. The Labute approximate surface area is 118 Å². The Balaban J connectivity index is 2.54. The van der Waals surface area contributed by atoms with Crippen LogP contribution in [0.25, 0.3) is 0 Å². The van der Waals surface area contributed by atoms with Crippen molar-refractivity contribution >= 4 is 0 Å². The highest BCUT2D eigenvalue weighted by Gasteiger charge is 2.18. The first-order valence-corrected chi connectivity index (χ1v) is 6.51. The lowest BCUT2D eigenvalue weighted by molar-refractivity contribution is 0.404. The fraction of sp³-hybridized carbons (Fsp3) is 0.312. The summed E-state index contributed by atoms with van der Waals surface area (Å²) in [5, 5.41) is 3.22. The summed E-state index contributed by atoms with van der Waals surface area (Å²) in [7, 11) is 3.44. The summed E-state index contributed by atoms with van der Waals surface area (Å²) in [6, 6.07) is 8.41. The van der Waals surface area contributed by atoms with Gasteiger partial charge in [0.2, 0.25) is 0 Å². The number of nitrogens with zero attached hydrogens (tertiary/aromatic N) is 1. The molecule has 0 amide bonds. The van der Waals surface area contributed by atoms with Crippen molar-refractivity contribution < 1.29 is 9.13 Å². The SMILES string of the molecule is CNC(c1cc(C)nc(C)c1)c1cc(F)ccc1OC. The van der Waals surface area contributed by atoms with Crippen molar-refractivity contribution in [1.82, 2.24) is 10.3 Å². The van der Waals surface area contributed by atoms with Crippen LogP contribution in [0.5, 0.6) is 5.75 Å². The second-order valence-corrected chi connectivity index (χ2v) is 4.79. The molecule has 1 atom stereocenters. The monoisotopic (exact) mass is 274 g/mol. The van der Waals surface area contributed by atoms with E-state index >= 15 is 0 Å². The Morgan fingerprint density at radius 2 is 1.80 bits per heavy atom. The summed E-state index contributed by atoms with van der Waals surface area (Å²) in [5.41, 5.74) is 3.70. The van der Waals surface area contributed by atoms with Crippen LogP contribution in [0.15, 0.2) is 30.3 Å². The van der Waals surface area contributed by atoms with E-state index < -0.39 is 0 Å². The number of pyridine rings is 1. The van der Waals surface area contributed by atoms with Gasteiger partial charge in [-0.25, -0.2) is 4.39 Å². The molecule has 1 heterocycles. The van der Waals surface area contributed by atoms with Crippen LogP contribution in [0.4, 0.5) is 4.39 Å². The number of nitrogens with one attached hydrogen (secondary N) is 1. The number of hydrogen-bond acceptors (Lipinski definition) is 3. The number of benzene rings is 1. The predicted octanol–water partition coefficient (Wildman–Crippen LogP) is 3.15. The van der Waals surface area contributed by atoms with Crippen LogP contribution in [0.3, 0.4) is 0 Å². The molecule has 2 aromatic rings. The van der Waals surface area contributed by atoms with E-state index in [-0.39, 0.29) is 11.9 Å². The van der Waals surface area contributed by atoms with Gasteiger partial charge in [0.05, 0.1) is 13.2 Å². The van der Waals surface area contributed by atoms with Crippen LogP contribution in [-0.2, 0) is 0 Å². The van der Waals surface area contributed by atoms with Crippen LogP contribution in [0, 0.1) is 19.7 Å². The second kappa shape index (κ2) is 6.01. The zero-order chi connectivity index (χ0) is 14.7. The molecule has 0 radical (unpaired) electrons. The number of aryl methyl sites for hydroxylation is 2. The standard InChI is InChI=1S/C16H19FN2O/c1-10-7-12(8-11(2)19-10)16(18-3)14-9-13(17)5-6-15(14)20-4/h5-9,16,18H,1-4H3. The van der Waals surface area contributed by atoms with Gasteiger partial charge in [0.15, 0.2) is 0 Å². The molecule has 0 aliphatic rings. The van der Waals surface area contributed by atoms with Gasteiger partial charge in [0.25, 0.3) is 0 Å². The van der Waals surface area contributed by atoms with E-state index in [1.807, 2.05) is 33.0 Å². The van der Waals surface area contributed by atoms with Gasteiger partial charge in [-0.3, -0.25) is 4.98 Å². The Bertz CT molecular complexity index is 593. The molecule has 3 nitrogen and oxygen atoms in total. The molecule has 0 aliphatic carbocycles. The molecular weight excluding hydrogens is 255 g/mol. The Morgan fingerprint density at radius 3 is 2.35 bits per heavy atom. The van der Waals surface area contributed by atoms with Crippen LogP contribution in [0.2, 0.25) is 0 Å². The van der Waals surface area contributed by atoms with E-state index in [1.165, 1.54) is 12.1 Å². The Kier molecular flexibility index (Phi) is 4.35. The molecule has 0 saturated carbocycles. The lowest BCUT2D eigenvalue weighted by Crippen LogP contribution is -2.19. The van der Waals surface area contributed by atoms with Crippen molar-refractivity contribution in [3.05, 3.63) is 58.7 Å². The van der Waals surface area contributed by atoms with Crippen LogP contribution < -0.4 is 10.1 Å². The molecule has 1 aromatic carbocycles. The zero-order valence-corrected chi connectivity index (χ0v) is 12.2. The number of aromatic nitrogens is 1. The molecule has 0 saturated heterocycles. The number of hydrogen-bond donors (Lipinski definition) is 1. The zero-order valence-electron chi connectivity index (χ0n) is 12.2. The molecule has 0 bridgehead atoms. The highest BCUT2D eigenvalue weighted by atomic mass is 19.1. The van der Waals surface area contributed by atoms with E-state index in [0.717, 1.165) is 22.5 Å². The summed E-state index contributed by atoms with van der Waals surface area (Å²) in [4.78, 5) is 4.37. The van der Waals surface area contributed by atoms with Crippen molar-refractivity contribution in [1.29, 1.82) is 0 Å². The first kappa shape index (κ1) is 14.5. The average Bonchev–Trinajstić information content (AvgIpc) is 2.39. The predicted molar refractivity (Wildman–Crippen MR) is 77.6 cm³/mol. The molecule has 1 N–H and O–H groups in total. The normalized spacial score (nSPS) is 12.2.